The van der Waals surface area contributed by atoms with Crippen LogP contribution in [0.5, 0.6) is 0 Å². The van der Waals surface area contributed by atoms with E-state index in [1.807, 2.05) is 21.1 Å². The van der Waals surface area contributed by atoms with Crippen molar-refractivity contribution in [2.45, 2.75) is 238 Å². The third-order valence-electron chi connectivity index (χ3n) is 11.4. The molecule has 350 valence electrons. The number of rotatable bonds is 45. The van der Waals surface area contributed by atoms with Crippen LogP contribution in [0.4, 0.5) is 0 Å². The second-order valence-corrected chi connectivity index (χ2v) is 18.1. The number of ether oxygens (including phenoxy) is 3. The molecular weight excluding hydrogens is 751 g/mol. The molecule has 0 aliphatic rings. The predicted octanol–water partition coefficient (Wildman–Crippen LogP) is 14.2. The van der Waals surface area contributed by atoms with Gasteiger partial charge in [-0.2, -0.15) is 0 Å². The number of aliphatic carboxylic acids is 1. The Morgan fingerprint density at radius 3 is 1.37 bits per heavy atom. The van der Waals surface area contributed by atoms with Crippen LogP contribution in [0.25, 0.3) is 0 Å². The van der Waals surface area contributed by atoms with Gasteiger partial charge in [-0.15, -0.1) is 0 Å². The number of quaternary nitrogens is 1. The number of carboxylic acid groups (broad SMARTS) is 1. The van der Waals surface area contributed by atoms with Gasteiger partial charge in [0.1, 0.15) is 6.61 Å². The van der Waals surface area contributed by atoms with Crippen LogP contribution < -0.4 is 0 Å². The van der Waals surface area contributed by atoms with Crippen molar-refractivity contribution >= 4 is 17.9 Å². The molecule has 0 aromatic heterocycles. The molecule has 2 unspecified atom stereocenters. The van der Waals surface area contributed by atoms with Gasteiger partial charge in [-0.1, -0.05) is 211 Å². The minimum atomic E-state index is -0.875. The fourth-order valence-corrected chi connectivity index (χ4v) is 7.51. The molecule has 60 heavy (non-hydrogen) atoms. The standard InChI is InChI=1S/C52H95NO7/c1-6-8-10-12-14-16-18-20-22-23-24-25-26-27-29-30-32-34-36-38-40-42-50(54)59-47-48(46-58-45-44-49(52(56)57)53(3,4)5)60-51(55)43-41-39-37-35-33-31-28-21-19-17-15-13-11-9-7-2/h9,11,13,15,17,19,48-49H,6-8,10,12,14,16,18,20-47H2,1-5H3/p+1/b11-9+,15-13+,19-17+. The Labute approximate surface area is 370 Å². The Morgan fingerprint density at radius 1 is 0.517 bits per heavy atom. The van der Waals surface area contributed by atoms with Gasteiger partial charge in [0, 0.05) is 19.3 Å². The lowest BCUT2D eigenvalue weighted by Crippen LogP contribution is -2.50. The molecule has 8 nitrogen and oxygen atoms in total. The van der Waals surface area contributed by atoms with E-state index < -0.39 is 18.1 Å². The zero-order valence-electron chi connectivity index (χ0n) is 39.9. The van der Waals surface area contributed by atoms with Crippen LogP contribution in [0.15, 0.2) is 36.5 Å². The van der Waals surface area contributed by atoms with Crippen LogP contribution in [0.3, 0.4) is 0 Å². The molecule has 0 saturated carbocycles. The van der Waals surface area contributed by atoms with E-state index in [2.05, 4.69) is 50.3 Å². The topological polar surface area (TPSA) is 99.1 Å². The smallest absolute Gasteiger partial charge is 0.362 e. The number of hydrogen-bond acceptors (Lipinski definition) is 6. The highest BCUT2D eigenvalue weighted by atomic mass is 16.6. The summed E-state index contributed by atoms with van der Waals surface area (Å²) in [7, 11) is 5.53. The van der Waals surface area contributed by atoms with E-state index >= 15 is 0 Å². The quantitative estimate of drug-likeness (QED) is 0.0282. The Bertz CT molecular complexity index is 1080. The lowest BCUT2D eigenvalue weighted by atomic mass is 10.0. The van der Waals surface area contributed by atoms with Crippen molar-refractivity contribution in [2.24, 2.45) is 0 Å². The number of carbonyl (C=O) groups excluding carboxylic acids is 2. The van der Waals surface area contributed by atoms with Crippen molar-refractivity contribution in [3.05, 3.63) is 36.5 Å². The molecule has 0 heterocycles. The molecule has 0 rings (SSSR count). The number of nitrogens with zero attached hydrogens (tertiary/aromatic N) is 1. The number of carbonyl (C=O) groups is 3. The molecule has 0 bridgehead atoms. The van der Waals surface area contributed by atoms with Crippen molar-refractivity contribution in [2.75, 3.05) is 41.0 Å². The maximum absolute atomic E-state index is 12.8. The van der Waals surface area contributed by atoms with E-state index in [4.69, 9.17) is 14.2 Å². The van der Waals surface area contributed by atoms with Gasteiger partial charge >= 0.3 is 17.9 Å². The minimum Gasteiger partial charge on any atom is -0.477 e. The number of carboxylic acids is 1. The Balaban J connectivity index is 4.20. The van der Waals surface area contributed by atoms with Crippen LogP contribution in [-0.2, 0) is 28.6 Å². The van der Waals surface area contributed by atoms with E-state index in [-0.39, 0.29) is 36.2 Å². The maximum atomic E-state index is 12.8. The molecule has 0 saturated heterocycles. The second kappa shape index (κ2) is 43.2. The van der Waals surface area contributed by atoms with Crippen LogP contribution in [0.2, 0.25) is 0 Å². The predicted molar refractivity (Wildman–Crippen MR) is 252 cm³/mol. The van der Waals surface area contributed by atoms with Crippen LogP contribution in [0, 0.1) is 0 Å². The highest BCUT2D eigenvalue weighted by Crippen LogP contribution is 2.16. The first kappa shape index (κ1) is 57.5. The highest BCUT2D eigenvalue weighted by molar-refractivity contribution is 5.72. The Morgan fingerprint density at radius 2 is 0.933 bits per heavy atom. The molecule has 2 atom stereocenters. The zero-order chi connectivity index (χ0) is 44.2. The Kier molecular flexibility index (Phi) is 41.4. The molecule has 0 spiro atoms. The van der Waals surface area contributed by atoms with E-state index in [1.54, 1.807) is 0 Å². The van der Waals surface area contributed by atoms with Crippen molar-refractivity contribution < 1.29 is 38.2 Å². The molecule has 0 fully saturated rings. The summed E-state index contributed by atoms with van der Waals surface area (Å²) >= 11 is 0. The fourth-order valence-electron chi connectivity index (χ4n) is 7.51. The van der Waals surface area contributed by atoms with Crippen molar-refractivity contribution in [3.63, 3.8) is 0 Å². The minimum absolute atomic E-state index is 0.0527. The van der Waals surface area contributed by atoms with Gasteiger partial charge in [0.25, 0.3) is 0 Å². The second-order valence-electron chi connectivity index (χ2n) is 18.1. The first-order chi connectivity index (χ1) is 29.1. The average Bonchev–Trinajstić information content (AvgIpc) is 3.21. The number of esters is 2. The normalized spacial score (nSPS) is 13.2. The molecule has 0 amide bonds. The van der Waals surface area contributed by atoms with Gasteiger partial charge in [0.2, 0.25) is 0 Å². The SMILES string of the molecule is CC/C=C/C=C/C=C/CCCCCCCCCC(=O)OC(COCCC(C(=O)O)[N+](C)(C)C)COC(=O)CCCCCCCCCCCCCCCCCCCCCCC. The van der Waals surface area contributed by atoms with Crippen molar-refractivity contribution in [1.82, 2.24) is 0 Å². The summed E-state index contributed by atoms with van der Waals surface area (Å²) < 4.78 is 17.3. The summed E-state index contributed by atoms with van der Waals surface area (Å²) in [5.74, 6) is -1.47. The lowest BCUT2D eigenvalue weighted by molar-refractivity contribution is -0.887. The zero-order valence-corrected chi connectivity index (χ0v) is 39.9. The van der Waals surface area contributed by atoms with Gasteiger partial charge in [0.05, 0.1) is 34.4 Å². The summed E-state index contributed by atoms with van der Waals surface area (Å²) in [6.45, 7) is 4.63. The van der Waals surface area contributed by atoms with E-state index in [0.29, 0.717) is 19.3 Å². The maximum Gasteiger partial charge on any atom is 0.362 e. The fraction of sp³-hybridized carbons (Fsp3) is 0.827. The van der Waals surface area contributed by atoms with Gasteiger partial charge in [-0.3, -0.25) is 9.59 Å². The summed E-state index contributed by atoms with van der Waals surface area (Å²) in [5, 5.41) is 9.64. The molecule has 0 aliphatic carbocycles. The van der Waals surface area contributed by atoms with Crippen molar-refractivity contribution in [3.8, 4) is 0 Å². The Hall–Kier alpha value is -2.45. The molecule has 0 aliphatic heterocycles. The monoisotopic (exact) mass is 847 g/mol. The molecule has 0 radical (unpaired) electrons. The number of unbranched alkanes of at least 4 members (excludes halogenated alkanes) is 27. The van der Waals surface area contributed by atoms with E-state index in [0.717, 1.165) is 57.8 Å². The molecule has 1 N–H and O–H groups in total. The number of likely N-dealkylation sites (N-methyl/N-ethyl adjacent to an activating group) is 1. The molecule has 0 aromatic carbocycles. The number of hydrogen-bond donors (Lipinski definition) is 1. The summed E-state index contributed by atoms with van der Waals surface area (Å²) in [4.78, 5) is 37.1. The first-order valence-electron chi connectivity index (χ1n) is 25.1. The molecule has 0 aromatic rings. The van der Waals surface area contributed by atoms with E-state index in [9.17, 15) is 19.5 Å². The van der Waals surface area contributed by atoms with Gasteiger partial charge in [0.15, 0.2) is 12.1 Å². The number of allylic oxidation sites excluding steroid dienone is 6. The van der Waals surface area contributed by atoms with Gasteiger partial charge in [-0.05, 0) is 32.1 Å². The first-order valence-corrected chi connectivity index (χ1v) is 25.1. The lowest BCUT2D eigenvalue weighted by Gasteiger charge is -2.31. The summed E-state index contributed by atoms with van der Waals surface area (Å²) in [5.41, 5.74) is 0. The molecule has 8 heteroatoms. The van der Waals surface area contributed by atoms with Gasteiger partial charge < -0.3 is 23.8 Å². The largest absolute Gasteiger partial charge is 0.477 e. The van der Waals surface area contributed by atoms with Crippen LogP contribution in [-0.4, -0.2) is 80.6 Å². The average molecular weight is 847 g/mol. The van der Waals surface area contributed by atoms with Gasteiger partial charge in [-0.25, -0.2) is 4.79 Å². The van der Waals surface area contributed by atoms with Crippen molar-refractivity contribution in [1.29, 1.82) is 0 Å². The third kappa shape index (κ3) is 40.9. The summed E-state index contributed by atoms with van der Waals surface area (Å²) in [6.07, 6.45) is 50.5. The van der Waals surface area contributed by atoms with E-state index in [1.165, 1.54) is 135 Å². The molecular formula is C52H96NO7+. The highest BCUT2D eigenvalue weighted by Gasteiger charge is 2.31. The van der Waals surface area contributed by atoms with Crippen LogP contribution in [0.1, 0.15) is 226 Å². The van der Waals surface area contributed by atoms with Crippen LogP contribution >= 0.6 is 0 Å². The summed E-state index contributed by atoms with van der Waals surface area (Å²) in [6, 6.07) is -0.616. The third-order valence-corrected chi connectivity index (χ3v) is 11.4.